The Morgan fingerprint density at radius 1 is 1.25 bits per heavy atom. The molecule has 2 rings (SSSR count). The number of carbonyl (C=O) groups is 2. The van der Waals surface area contributed by atoms with Gasteiger partial charge in [-0.2, -0.15) is 0 Å². The summed E-state index contributed by atoms with van der Waals surface area (Å²) in [5.41, 5.74) is -1.33. The molecular weight excluding hydrogens is 313 g/mol. The summed E-state index contributed by atoms with van der Waals surface area (Å²) in [6.45, 7) is 10.1. The SMILES string of the molecule is CCCCOC(=O)C1NCCC1(B1OC(C)(C)C(C)(C)O1)C(=O)O. The van der Waals surface area contributed by atoms with Crippen LogP contribution in [-0.4, -0.2) is 54.6 Å². The number of unbranched alkanes of at least 4 members (excludes halogenated alkanes) is 1. The third-order valence-corrected chi connectivity index (χ3v) is 5.45. The molecule has 2 aliphatic rings. The van der Waals surface area contributed by atoms with Gasteiger partial charge in [0.1, 0.15) is 11.4 Å². The minimum atomic E-state index is -1.49. The quantitative estimate of drug-likeness (QED) is 0.431. The molecule has 24 heavy (non-hydrogen) atoms. The molecule has 136 valence electrons. The van der Waals surface area contributed by atoms with E-state index in [0.717, 1.165) is 12.8 Å². The van der Waals surface area contributed by atoms with E-state index < -0.39 is 41.6 Å². The van der Waals surface area contributed by atoms with Gasteiger partial charge in [0.2, 0.25) is 0 Å². The highest BCUT2D eigenvalue weighted by Gasteiger charge is 2.69. The van der Waals surface area contributed by atoms with Crippen LogP contribution in [0.1, 0.15) is 53.9 Å². The number of aliphatic carboxylic acids is 1. The third-order valence-electron chi connectivity index (χ3n) is 5.45. The topological polar surface area (TPSA) is 94.1 Å². The van der Waals surface area contributed by atoms with Crippen LogP contribution in [0.4, 0.5) is 0 Å². The molecule has 0 amide bonds. The van der Waals surface area contributed by atoms with Crippen LogP contribution in [0.5, 0.6) is 0 Å². The molecule has 2 saturated heterocycles. The molecular formula is C16H28BNO6. The van der Waals surface area contributed by atoms with E-state index in [1.807, 2.05) is 34.6 Å². The monoisotopic (exact) mass is 341 g/mol. The van der Waals surface area contributed by atoms with Gasteiger partial charge >= 0.3 is 19.1 Å². The summed E-state index contributed by atoms with van der Waals surface area (Å²) >= 11 is 0. The largest absolute Gasteiger partial charge is 0.481 e. The average Bonchev–Trinajstić information content (AvgIpc) is 2.99. The average molecular weight is 341 g/mol. The van der Waals surface area contributed by atoms with E-state index >= 15 is 0 Å². The summed E-state index contributed by atoms with van der Waals surface area (Å²) in [5.74, 6) is -1.67. The second-order valence-corrected chi connectivity index (χ2v) is 7.59. The van der Waals surface area contributed by atoms with Crippen LogP contribution < -0.4 is 5.32 Å². The van der Waals surface area contributed by atoms with E-state index in [0.29, 0.717) is 6.54 Å². The number of hydrogen-bond donors (Lipinski definition) is 2. The molecule has 2 heterocycles. The number of rotatable bonds is 6. The van der Waals surface area contributed by atoms with Crippen LogP contribution in [0.25, 0.3) is 0 Å². The molecule has 8 heteroatoms. The Hall–Kier alpha value is -1.12. The molecule has 2 N–H and O–H groups in total. The summed E-state index contributed by atoms with van der Waals surface area (Å²) in [7, 11) is -1.02. The lowest BCUT2D eigenvalue weighted by atomic mass is 9.53. The van der Waals surface area contributed by atoms with Crippen molar-refractivity contribution in [2.75, 3.05) is 13.2 Å². The second kappa shape index (κ2) is 6.65. The van der Waals surface area contributed by atoms with Crippen molar-refractivity contribution < 1.29 is 28.7 Å². The van der Waals surface area contributed by atoms with Crippen molar-refractivity contribution in [3.63, 3.8) is 0 Å². The fourth-order valence-electron chi connectivity index (χ4n) is 3.08. The highest BCUT2D eigenvalue weighted by Crippen LogP contribution is 2.51. The highest BCUT2D eigenvalue weighted by atomic mass is 16.7. The predicted molar refractivity (Wildman–Crippen MR) is 88.7 cm³/mol. The first kappa shape index (κ1) is 19.2. The summed E-state index contributed by atoms with van der Waals surface area (Å²) < 4.78 is 17.2. The minimum absolute atomic E-state index is 0.243. The first-order valence-corrected chi connectivity index (χ1v) is 8.57. The second-order valence-electron chi connectivity index (χ2n) is 7.59. The maximum absolute atomic E-state index is 12.5. The summed E-state index contributed by atoms with van der Waals surface area (Å²) in [6.07, 6.45) is 1.88. The Balaban J connectivity index is 2.27. The molecule has 0 aromatic carbocycles. The van der Waals surface area contributed by atoms with Crippen molar-refractivity contribution in [2.45, 2.75) is 76.4 Å². The van der Waals surface area contributed by atoms with E-state index in [1.54, 1.807) is 0 Å². The van der Waals surface area contributed by atoms with Gasteiger partial charge in [-0.15, -0.1) is 0 Å². The molecule has 0 bridgehead atoms. The van der Waals surface area contributed by atoms with Crippen LogP contribution in [-0.2, 0) is 23.6 Å². The molecule has 7 nitrogen and oxygen atoms in total. The van der Waals surface area contributed by atoms with Crippen LogP contribution >= 0.6 is 0 Å². The van der Waals surface area contributed by atoms with E-state index in [4.69, 9.17) is 14.0 Å². The normalized spacial score (nSPS) is 31.2. The zero-order chi connectivity index (χ0) is 18.2. The Kier molecular flexibility index (Phi) is 5.32. The van der Waals surface area contributed by atoms with Gasteiger partial charge < -0.3 is 24.5 Å². The molecule has 0 aliphatic carbocycles. The summed E-state index contributed by atoms with van der Waals surface area (Å²) in [5, 5.41) is 11.4. The van der Waals surface area contributed by atoms with Crippen molar-refractivity contribution in [3.05, 3.63) is 0 Å². The highest BCUT2D eigenvalue weighted by molar-refractivity contribution is 6.56. The molecule has 0 saturated carbocycles. The van der Waals surface area contributed by atoms with Crippen LogP contribution in [0.2, 0.25) is 5.31 Å². The smallest absolute Gasteiger partial charge is 0.478 e. The lowest BCUT2D eigenvalue weighted by Crippen LogP contribution is -2.53. The van der Waals surface area contributed by atoms with Crippen LogP contribution in [0.15, 0.2) is 0 Å². The first-order valence-electron chi connectivity index (χ1n) is 8.57. The number of nitrogens with one attached hydrogen (secondary N) is 1. The van der Waals surface area contributed by atoms with Gasteiger partial charge in [-0.3, -0.25) is 9.59 Å². The number of carbonyl (C=O) groups excluding carboxylic acids is 1. The van der Waals surface area contributed by atoms with Crippen molar-refractivity contribution in [2.24, 2.45) is 0 Å². The van der Waals surface area contributed by atoms with E-state index in [1.165, 1.54) is 0 Å². The maximum Gasteiger partial charge on any atom is 0.478 e. The van der Waals surface area contributed by atoms with E-state index in [-0.39, 0.29) is 13.0 Å². The third kappa shape index (κ3) is 3.07. The first-order chi connectivity index (χ1) is 11.1. The Bertz CT molecular complexity index is 493. The molecule has 0 aromatic heterocycles. The van der Waals surface area contributed by atoms with E-state index in [2.05, 4.69) is 5.32 Å². The Morgan fingerprint density at radius 3 is 2.33 bits per heavy atom. The summed E-state index contributed by atoms with van der Waals surface area (Å²) in [4.78, 5) is 24.6. The van der Waals surface area contributed by atoms with Crippen LogP contribution in [0, 0.1) is 0 Å². The molecule has 2 atom stereocenters. The van der Waals surface area contributed by atoms with Crippen molar-refractivity contribution in [3.8, 4) is 0 Å². The number of esters is 1. The Labute approximate surface area is 143 Å². The lowest BCUT2D eigenvalue weighted by molar-refractivity contribution is -0.153. The van der Waals surface area contributed by atoms with Crippen molar-refractivity contribution in [1.29, 1.82) is 0 Å². The zero-order valence-electron chi connectivity index (χ0n) is 15.2. The molecule has 2 unspecified atom stereocenters. The van der Waals surface area contributed by atoms with Gasteiger partial charge in [-0.05, 0) is 47.1 Å². The zero-order valence-corrected chi connectivity index (χ0v) is 15.2. The van der Waals surface area contributed by atoms with Gasteiger partial charge in [-0.25, -0.2) is 0 Å². The van der Waals surface area contributed by atoms with Gasteiger partial charge in [-0.1, -0.05) is 13.3 Å². The predicted octanol–water partition coefficient (Wildman–Crippen LogP) is 1.61. The van der Waals surface area contributed by atoms with Crippen molar-refractivity contribution in [1.82, 2.24) is 5.32 Å². The molecule has 0 spiro atoms. The Morgan fingerprint density at radius 2 is 1.83 bits per heavy atom. The van der Waals surface area contributed by atoms with Gasteiger partial charge in [0.05, 0.1) is 17.8 Å². The molecule has 2 aliphatic heterocycles. The fourth-order valence-corrected chi connectivity index (χ4v) is 3.08. The molecule has 0 radical (unpaired) electrons. The van der Waals surface area contributed by atoms with Crippen LogP contribution in [0.3, 0.4) is 0 Å². The number of ether oxygens (including phenoxy) is 1. The van der Waals surface area contributed by atoms with Gasteiger partial charge in [0.15, 0.2) is 0 Å². The number of carboxylic acids is 1. The molecule has 2 fully saturated rings. The van der Waals surface area contributed by atoms with Gasteiger partial charge in [0.25, 0.3) is 0 Å². The standard InChI is InChI=1S/C16H28BNO6/c1-6-7-10-22-12(19)11-16(13(20)21,8-9-18-11)17-23-14(2,3)15(4,5)24-17/h11,18H,6-10H2,1-5H3,(H,20,21). The minimum Gasteiger partial charge on any atom is -0.481 e. The van der Waals surface area contributed by atoms with Crippen molar-refractivity contribution >= 4 is 19.1 Å². The molecule has 0 aromatic rings. The number of hydrogen-bond acceptors (Lipinski definition) is 6. The fraction of sp³-hybridized carbons (Fsp3) is 0.875. The maximum atomic E-state index is 12.5. The lowest BCUT2D eigenvalue weighted by Gasteiger charge is -2.32. The van der Waals surface area contributed by atoms with E-state index in [9.17, 15) is 14.7 Å². The van der Waals surface area contributed by atoms with Gasteiger partial charge in [0, 0.05) is 0 Å². The summed E-state index contributed by atoms with van der Waals surface area (Å²) in [6, 6.07) is -0.985. The number of carboxylic acid groups (broad SMARTS) is 1.